The first-order valence-electron chi connectivity index (χ1n) is 34.1. The van der Waals surface area contributed by atoms with Gasteiger partial charge in [0.15, 0.2) is 0 Å². The molecule has 12 nitrogen and oxygen atoms in total. The van der Waals surface area contributed by atoms with E-state index in [1.165, 1.54) is 29.5 Å². The second-order valence-electron chi connectivity index (χ2n) is 27.9. The van der Waals surface area contributed by atoms with Gasteiger partial charge in [-0.25, -0.2) is 0 Å². The number of ether oxygens (including phenoxy) is 3. The molecule has 2 N–H and O–H groups in total. The lowest BCUT2D eigenvalue weighted by Crippen LogP contribution is -2.50. The van der Waals surface area contributed by atoms with Crippen molar-refractivity contribution in [1.82, 2.24) is 30.2 Å². The van der Waals surface area contributed by atoms with Crippen molar-refractivity contribution >= 4 is 52.9 Å². The van der Waals surface area contributed by atoms with Crippen molar-refractivity contribution in [3.05, 3.63) is 212 Å². The maximum atomic E-state index is 13.5. The molecule has 3 aliphatic carbocycles. The Balaban J connectivity index is 0.000000131. The van der Waals surface area contributed by atoms with E-state index < -0.39 is 53.9 Å². The third kappa shape index (κ3) is 18.4. The number of nitrogens with zero attached hydrogens (tertiary/aromatic N) is 4. The Morgan fingerprint density at radius 1 is 0.495 bits per heavy atom. The minimum Gasteiger partial charge on any atom is -0.373 e. The molecule has 3 saturated carbocycles. The summed E-state index contributed by atoms with van der Waals surface area (Å²) in [6, 6.07) is 51.9. The lowest BCUT2D eigenvalue weighted by atomic mass is 9.86. The summed E-state index contributed by atoms with van der Waals surface area (Å²) in [5, 5.41) is 9.29. The Labute approximate surface area is 579 Å². The largest absolute Gasteiger partial charge is 0.471 e. The fraction of sp³-hybridized carbons (Fsp3) is 0.487. The molecule has 0 radical (unpaired) electrons. The topological polar surface area (TPSA) is 116 Å². The smallest absolute Gasteiger partial charge is 0.373 e. The first-order chi connectivity index (χ1) is 46.7. The number of carbonyl (C=O) groups is 3. The van der Waals surface area contributed by atoms with Crippen LogP contribution in [-0.4, -0.2) is 162 Å². The molecular weight excluding hydrogens is 1310 g/mol. The first-order valence-corrected chi connectivity index (χ1v) is 35.3. The van der Waals surface area contributed by atoms with E-state index in [0.717, 1.165) is 130 Å². The highest BCUT2D eigenvalue weighted by Gasteiger charge is 2.59. The van der Waals surface area contributed by atoms with E-state index in [1.54, 1.807) is 24.3 Å². The molecule has 9 atom stereocenters. The van der Waals surface area contributed by atoms with Crippen LogP contribution >= 0.6 is 34.8 Å². The van der Waals surface area contributed by atoms with Gasteiger partial charge in [-0.3, -0.25) is 24.2 Å². The van der Waals surface area contributed by atoms with Crippen LogP contribution < -0.4 is 10.6 Å². The monoisotopic (exact) mass is 1400 g/mol. The van der Waals surface area contributed by atoms with Crippen LogP contribution in [0.1, 0.15) is 133 Å². The van der Waals surface area contributed by atoms with Gasteiger partial charge in [-0.2, -0.15) is 26.3 Å². The number of aldehydes is 1. The molecule has 0 bridgehead atoms. The molecule has 6 heterocycles. The molecule has 97 heavy (non-hydrogen) atoms. The molecule has 9 aliphatic rings. The fourth-order valence-electron chi connectivity index (χ4n) is 15.7. The molecule has 6 saturated heterocycles. The van der Waals surface area contributed by atoms with Gasteiger partial charge in [-0.1, -0.05) is 162 Å². The van der Waals surface area contributed by atoms with E-state index in [9.17, 15) is 40.7 Å². The number of hydrogen-bond donors (Lipinski definition) is 2. The minimum absolute atomic E-state index is 0.0212. The number of rotatable bonds is 14. The van der Waals surface area contributed by atoms with Crippen LogP contribution in [0, 0.1) is 0 Å². The second kappa shape index (κ2) is 30.9. The third-order valence-electron chi connectivity index (χ3n) is 21.2. The number of hydrogen-bond acceptors (Lipinski definition) is 10. The van der Waals surface area contributed by atoms with Gasteiger partial charge in [-0.15, -0.1) is 0 Å². The van der Waals surface area contributed by atoms with Crippen molar-refractivity contribution in [2.75, 3.05) is 59.1 Å². The van der Waals surface area contributed by atoms with Crippen molar-refractivity contribution in [1.29, 1.82) is 0 Å². The second-order valence-corrected chi connectivity index (χ2v) is 29.2. The summed E-state index contributed by atoms with van der Waals surface area (Å²) in [5.74, 6) is -2.83. The molecule has 15 rings (SSSR count). The Hall–Kier alpha value is -5.90. The lowest BCUT2D eigenvalue weighted by Gasteiger charge is -2.39. The molecule has 9 fully saturated rings. The zero-order valence-electron chi connectivity index (χ0n) is 54.3. The van der Waals surface area contributed by atoms with E-state index in [1.807, 2.05) is 97.1 Å². The van der Waals surface area contributed by atoms with Gasteiger partial charge in [0, 0.05) is 102 Å². The SMILES string of the molecule is Clc1ccc(CN2CCC3(CC2)CC(N[C@@H]2C[C@H]2c2ccccc2)CO3)cc1.O=C(N(C1COC2(CCN(Cc3ccc(Cl)cc3)CC2)C1)[C@@H]1C[C@H]1c1ccccc1)C(F)(F)F.O=C(N(C1COC2(CCNCC2)C1)[C@@H]1C[C@H]1c1ccccc1)C(F)(F)F.O=Cc1ccc(Cl)cc1. The Kier molecular flexibility index (Phi) is 22.6. The molecule has 6 aliphatic heterocycles. The van der Waals surface area contributed by atoms with Crippen LogP contribution in [0.3, 0.4) is 0 Å². The normalized spacial score (nSPS) is 26.7. The Morgan fingerprint density at radius 2 is 0.866 bits per heavy atom. The van der Waals surface area contributed by atoms with E-state index >= 15 is 0 Å². The number of amides is 2. The molecule has 21 heteroatoms. The highest BCUT2D eigenvalue weighted by atomic mass is 35.5. The van der Waals surface area contributed by atoms with Crippen molar-refractivity contribution < 1.29 is 54.9 Å². The van der Waals surface area contributed by atoms with Gasteiger partial charge in [-0.05, 0) is 154 Å². The van der Waals surface area contributed by atoms with Gasteiger partial charge in [0.2, 0.25) is 0 Å². The average Bonchev–Trinajstić information content (AvgIpc) is 1.61. The van der Waals surface area contributed by atoms with Crippen LogP contribution in [0.15, 0.2) is 164 Å². The molecule has 6 aromatic rings. The van der Waals surface area contributed by atoms with Gasteiger partial charge in [0.05, 0.1) is 48.7 Å². The van der Waals surface area contributed by atoms with Crippen LogP contribution in [0.2, 0.25) is 15.1 Å². The van der Waals surface area contributed by atoms with Gasteiger partial charge < -0.3 is 34.6 Å². The highest BCUT2D eigenvalue weighted by molar-refractivity contribution is 6.31. The van der Waals surface area contributed by atoms with E-state index in [-0.39, 0.29) is 36.3 Å². The van der Waals surface area contributed by atoms with E-state index in [0.29, 0.717) is 59.3 Å². The summed E-state index contributed by atoms with van der Waals surface area (Å²) in [7, 11) is 0. The van der Waals surface area contributed by atoms with E-state index in [4.69, 9.17) is 49.0 Å². The van der Waals surface area contributed by atoms with Crippen LogP contribution in [0.4, 0.5) is 26.3 Å². The number of halogens is 9. The molecule has 6 aromatic carbocycles. The standard InChI is InChI=1S/C26H28ClF3N2O2.C24H29ClN2O.C19H23F3N2O2.C7H5ClO/c27-20-8-6-18(7-9-20)16-31-12-10-25(11-13-31)15-21(17-34-25)32(24(33)26(28,29)30)23-14-22(23)19-4-2-1-3-5-19;25-20-8-6-18(7-9-20)16-27-12-10-24(11-13-27)15-21(17-28-24)26-23-14-22(23)19-4-2-1-3-5-19;20-19(21,22)17(25)24(16-10-15(16)13-4-2-1-3-5-13)14-11-18(26-12-14)6-8-23-9-7-18;8-7-3-1-6(5-9)2-4-7/h1-9,21-23H,10-17H2;1-9,21-23,26H,10-17H2;1-5,14-16,23H,6-12H2;1-5H/t2*21?,22-,23+;14?,15-,16+;/m000./s1. The number of carbonyl (C=O) groups excluding carboxylic acids is 3. The highest BCUT2D eigenvalue weighted by Crippen LogP contribution is 2.51. The minimum atomic E-state index is -4.89. The summed E-state index contributed by atoms with van der Waals surface area (Å²) in [6.07, 6.45) is 0.923. The first kappa shape index (κ1) is 70.9. The Bertz CT molecular complexity index is 3550. The summed E-state index contributed by atoms with van der Waals surface area (Å²) in [6.45, 7) is 8.48. The van der Waals surface area contributed by atoms with Gasteiger partial charge >= 0.3 is 24.2 Å². The number of nitrogens with one attached hydrogen (secondary N) is 2. The predicted octanol–water partition coefficient (Wildman–Crippen LogP) is 15.0. The summed E-state index contributed by atoms with van der Waals surface area (Å²) in [5.41, 5.74) is 5.89. The zero-order chi connectivity index (χ0) is 68.0. The van der Waals surface area contributed by atoms with E-state index in [2.05, 4.69) is 62.9 Å². The Morgan fingerprint density at radius 3 is 1.27 bits per heavy atom. The maximum Gasteiger partial charge on any atom is 0.471 e. The molecule has 3 spiro atoms. The number of alkyl halides is 6. The number of likely N-dealkylation sites (tertiary alicyclic amines) is 2. The number of benzene rings is 6. The van der Waals surface area contributed by atoms with Gasteiger partial charge in [0.25, 0.3) is 0 Å². The fourth-order valence-corrected chi connectivity index (χ4v) is 16.0. The third-order valence-corrected chi connectivity index (χ3v) is 21.9. The molecule has 2 amide bonds. The lowest BCUT2D eigenvalue weighted by molar-refractivity contribution is -0.188. The van der Waals surface area contributed by atoms with Gasteiger partial charge in [0.1, 0.15) is 6.29 Å². The summed E-state index contributed by atoms with van der Waals surface area (Å²) >= 11 is 17.5. The van der Waals surface area contributed by atoms with Crippen molar-refractivity contribution in [2.45, 2.75) is 173 Å². The van der Waals surface area contributed by atoms with Crippen LogP contribution in [0.25, 0.3) is 0 Å². The molecule has 518 valence electrons. The maximum absolute atomic E-state index is 13.5. The number of piperidine rings is 3. The van der Waals surface area contributed by atoms with Crippen LogP contribution in [-0.2, 0) is 36.9 Å². The zero-order valence-corrected chi connectivity index (χ0v) is 56.5. The van der Waals surface area contributed by atoms with Crippen molar-refractivity contribution in [3.8, 4) is 0 Å². The molecule has 0 aromatic heterocycles. The van der Waals surface area contributed by atoms with Crippen LogP contribution in [0.5, 0.6) is 0 Å². The summed E-state index contributed by atoms with van der Waals surface area (Å²) in [4.78, 5) is 41.8. The van der Waals surface area contributed by atoms with Crippen molar-refractivity contribution in [3.63, 3.8) is 0 Å². The quantitative estimate of drug-likeness (QED) is 0.0807. The average molecular weight is 1400 g/mol. The summed E-state index contributed by atoms with van der Waals surface area (Å²) < 4.78 is 98.9. The molecular formula is C76H85Cl3F6N6O6. The predicted molar refractivity (Wildman–Crippen MR) is 364 cm³/mol. The molecule has 3 unspecified atom stereocenters. The van der Waals surface area contributed by atoms with Crippen molar-refractivity contribution in [2.24, 2.45) is 0 Å².